The maximum atomic E-state index is 13.3. The minimum absolute atomic E-state index is 0.226. The number of hydrogen-bond donors (Lipinski definition) is 4. The number of carboxylic acid groups (broad SMARTS) is 1. The van der Waals surface area contributed by atoms with Crippen molar-refractivity contribution in [1.29, 1.82) is 5.26 Å². The van der Waals surface area contributed by atoms with Crippen molar-refractivity contribution in [2.45, 2.75) is 63.6 Å². The van der Waals surface area contributed by atoms with Crippen molar-refractivity contribution >= 4 is 41.0 Å². The van der Waals surface area contributed by atoms with Crippen molar-refractivity contribution in [2.75, 3.05) is 12.3 Å². The number of rotatable bonds is 10. The molecule has 0 radical (unpaired) electrons. The minimum atomic E-state index is -1.22. The number of likely N-dealkylation sites (tertiary alicyclic amines) is 1. The lowest BCUT2D eigenvalue weighted by atomic mass is 10.1. The maximum Gasteiger partial charge on any atom is 0.306 e. The third kappa shape index (κ3) is 7.08. The topological polar surface area (TPSA) is 166 Å². The highest BCUT2D eigenvalue weighted by Gasteiger charge is 2.38. The van der Waals surface area contributed by atoms with E-state index < -0.39 is 48.2 Å². The number of nitrogens with one attached hydrogen (secondary N) is 2. The molecule has 178 valence electrons. The Morgan fingerprint density at radius 1 is 1.33 bits per heavy atom. The predicted octanol–water partition coefficient (Wildman–Crippen LogP) is 1.68. The Morgan fingerprint density at radius 2 is 2.06 bits per heavy atom. The fraction of sp³-hybridized carbons (Fsp3) is 0.500. The van der Waals surface area contributed by atoms with Crippen molar-refractivity contribution < 1.29 is 24.3 Å². The van der Waals surface area contributed by atoms with Gasteiger partial charge in [0.15, 0.2) is 0 Å². The number of nitriles is 1. The Labute approximate surface area is 197 Å². The van der Waals surface area contributed by atoms with Gasteiger partial charge in [0.1, 0.15) is 18.1 Å². The number of nitrogens with two attached hydrogens (primary N) is 1. The highest BCUT2D eigenvalue weighted by Crippen LogP contribution is 2.22. The SMILES string of the molecule is CCCC[C@H](NC(=O)c1ccc(N)c(Cl)c1)C(=O)N1CCC[C@H]1C(=O)N[C@H](C#N)CC(=O)O. The monoisotopic (exact) mass is 477 g/mol. The first-order chi connectivity index (χ1) is 15.7. The van der Waals surface area contributed by atoms with Crippen molar-refractivity contribution in [2.24, 2.45) is 0 Å². The van der Waals surface area contributed by atoms with Gasteiger partial charge in [0.2, 0.25) is 11.8 Å². The van der Waals surface area contributed by atoms with Gasteiger partial charge in [-0.25, -0.2) is 0 Å². The number of carboxylic acids is 1. The first-order valence-corrected chi connectivity index (χ1v) is 11.1. The lowest BCUT2D eigenvalue weighted by Gasteiger charge is -2.29. The Kier molecular flexibility index (Phi) is 9.48. The smallest absolute Gasteiger partial charge is 0.306 e. The van der Waals surface area contributed by atoms with E-state index in [1.54, 1.807) is 6.07 Å². The molecule has 1 aromatic rings. The Balaban J connectivity index is 2.14. The van der Waals surface area contributed by atoms with Crippen LogP contribution in [-0.2, 0) is 14.4 Å². The van der Waals surface area contributed by atoms with Gasteiger partial charge in [-0.3, -0.25) is 19.2 Å². The molecule has 1 aromatic carbocycles. The molecule has 1 heterocycles. The minimum Gasteiger partial charge on any atom is -0.481 e. The molecule has 3 atom stereocenters. The summed E-state index contributed by atoms with van der Waals surface area (Å²) in [5.41, 5.74) is 6.27. The Morgan fingerprint density at radius 3 is 2.67 bits per heavy atom. The van der Waals surface area contributed by atoms with Crippen LogP contribution >= 0.6 is 11.6 Å². The molecule has 1 fully saturated rings. The molecule has 3 amide bonds. The van der Waals surface area contributed by atoms with Crippen molar-refractivity contribution in [3.05, 3.63) is 28.8 Å². The zero-order valence-corrected chi connectivity index (χ0v) is 19.1. The van der Waals surface area contributed by atoms with Crippen molar-refractivity contribution in [1.82, 2.24) is 15.5 Å². The molecule has 0 aliphatic carbocycles. The lowest BCUT2D eigenvalue weighted by Crippen LogP contribution is -2.54. The number of carbonyl (C=O) groups is 4. The first-order valence-electron chi connectivity index (χ1n) is 10.8. The van der Waals surface area contributed by atoms with E-state index >= 15 is 0 Å². The molecule has 11 heteroatoms. The largest absolute Gasteiger partial charge is 0.481 e. The van der Waals surface area contributed by atoms with Crippen molar-refractivity contribution in [3.63, 3.8) is 0 Å². The summed E-state index contributed by atoms with van der Waals surface area (Å²) in [6.07, 6.45) is 2.28. The summed E-state index contributed by atoms with van der Waals surface area (Å²) >= 11 is 6.00. The van der Waals surface area contributed by atoms with Crippen LogP contribution < -0.4 is 16.4 Å². The second-order valence-corrected chi connectivity index (χ2v) is 8.29. The number of nitrogen functional groups attached to an aromatic ring is 1. The molecule has 0 spiro atoms. The van der Waals surface area contributed by atoms with E-state index in [2.05, 4.69) is 10.6 Å². The van der Waals surface area contributed by atoms with E-state index in [-0.39, 0.29) is 10.6 Å². The average Bonchev–Trinajstić information content (AvgIpc) is 3.27. The van der Waals surface area contributed by atoms with Crippen LogP contribution in [-0.4, -0.2) is 58.4 Å². The van der Waals surface area contributed by atoms with Crippen LogP contribution in [0.15, 0.2) is 18.2 Å². The second-order valence-electron chi connectivity index (χ2n) is 7.88. The van der Waals surface area contributed by atoms with Crippen LogP contribution in [0.4, 0.5) is 5.69 Å². The van der Waals surface area contributed by atoms with Gasteiger partial charge < -0.3 is 26.4 Å². The van der Waals surface area contributed by atoms with Crippen molar-refractivity contribution in [3.8, 4) is 6.07 Å². The molecular formula is C22H28ClN5O5. The van der Waals surface area contributed by atoms with E-state index in [9.17, 15) is 19.2 Å². The van der Waals surface area contributed by atoms with Crippen LogP contribution in [0, 0.1) is 11.3 Å². The maximum absolute atomic E-state index is 13.3. The number of carbonyl (C=O) groups excluding carboxylic acids is 3. The van der Waals surface area contributed by atoms with E-state index in [0.29, 0.717) is 37.9 Å². The van der Waals surface area contributed by atoms with Gasteiger partial charge in [-0.05, 0) is 37.5 Å². The van der Waals surface area contributed by atoms with Crippen LogP contribution in [0.3, 0.4) is 0 Å². The third-order valence-electron chi connectivity index (χ3n) is 5.40. The molecule has 10 nitrogen and oxygen atoms in total. The van der Waals surface area contributed by atoms with Crippen LogP contribution in [0.2, 0.25) is 5.02 Å². The lowest BCUT2D eigenvalue weighted by molar-refractivity contribution is -0.141. The fourth-order valence-electron chi connectivity index (χ4n) is 3.65. The van der Waals surface area contributed by atoms with Crippen LogP contribution in [0.25, 0.3) is 0 Å². The van der Waals surface area contributed by atoms with Gasteiger partial charge in [-0.15, -0.1) is 0 Å². The number of halogens is 1. The summed E-state index contributed by atoms with van der Waals surface area (Å²) in [4.78, 5) is 51.0. The number of benzene rings is 1. The molecule has 33 heavy (non-hydrogen) atoms. The van der Waals surface area contributed by atoms with Gasteiger partial charge in [-0.2, -0.15) is 5.26 Å². The zero-order chi connectivity index (χ0) is 24.5. The molecular weight excluding hydrogens is 450 g/mol. The van der Waals surface area contributed by atoms with E-state index in [0.717, 1.165) is 6.42 Å². The zero-order valence-electron chi connectivity index (χ0n) is 18.3. The quantitative estimate of drug-likeness (QED) is 0.372. The summed E-state index contributed by atoms with van der Waals surface area (Å²) in [5, 5.41) is 23.3. The van der Waals surface area contributed by atoms with E-state index in [1.165, 1.54) is 23.1 Å². The Bertz CT molecular complexity index is 948. The molecule has 5 N–H and O–H groups in total. The summed E-state index contributed by atoms with van der Waals surface area (Å²) in [7, 11) is 0. The third-order valence-corrected chi connectivity index (χ3v) is 5.73. The normalized spacial score (nSPS) is 17.0. The van der Waals surface area contributed by atoms with Gasteiger partial charge in [0, 0.05) is 12.1 Å². The standard InChI is InChI=1S/C22H28ClN5O5/c1-2-3-5-17(27-20(31)13-7-8-16(25)15(23)10-13)22(33)28-9-4-6-18(28)21(32)26-14(12-24)11-19(29)30/h7-8,10,14,17-18H,2-6,9,11,25H2,1H3,(H,26,32)(H,27,31)(H,29,30)/t14-,17-,18-/m0/s1. The number of amides is 3. The first kappa shape index (κ1) is 25.9. The van der Waals surface area contributed by atoms with Gasteiger partial charge >= 0.3 is 5.97 Å². The number of hydrogen-bond acceptors (Lipinski definition) is 6. The second kappa shape index (κ2) is 12.1. The summed E-state index contributed by atoms with van der Waals surface area (Å²) in [5.74, 6) is -2.69. The summed E-state index contributed by atoms with van der Waals surface area (Å²) < 4.78 is 0. The molecule has 2 rings (SSSR count). The number of unbranched alkanes of at least 4 members (excludes halogenated alkanes) is 1. The number of anilines is 1. The molecule has 1 saturated heterocycles. The molecule has 0 bridgehead atoms. The Hall–Kier alpha value is -3.32. The highest BCUT2D eigenvalue weighted by molar-refractivity contribution is 6.33. The number of nitrogens with zero attached hydrogens (tertiary/aromatic N) is 2. The highest BCUT2D eigenvalue weighted by atomic mass is 35.5. The predicted molar refractivity (Wildman–Crippen MR) is 121 cm³/mol. The molecule has 0 unspecified atom stereocenters. The number of aliphatic carboxylic acids is 1. The van der Waals surface area contributed by atoms with E-state index in [4.69, 9.17) is 27.7 Å². The average molecular weight is 478 g/mol. The molecule has 1 aliphatic heterocycles. The van der Waals surface area contributed by atoms with Gasteiger partial charge in [-0.1, -0.05) is 31.4 Å². The summed E-state index contributed by atoms with van der Waals surface area (Å²) in [6.45, 7) is 2.28. The molecule has 0 saturated carbocycles. The fourth-order valence-corrected chi connectivity index (χ4v) is 3.83. The van der Waals surface area contributed by atoms with Crippen LogP contribution in [0.5, 0.6) is 0 Å². The van der Waals surface area contributed by atoms with Crippen LogP contribution in [0.1, 0.15) is 55.8 Å². The molecule has 0 aromatic heterocycles. The molecule has 1 aliphatic rings. The van der Waals surface area contributed by atoms with Gasteiger partial charge in [0.25, 0.3) is 5.91 Å². The summed E-state index contributed by atoms with van der Waals surface area (Å²) in [6, 6.07) is 3.29. The van der Waals surface area contributed by atoms with E-state index in [1.807, 2.05) is 6.92 Å². The van der Waals surface area contributed by atoms with Gasteiger partial charge in [0.05, 0.1) is 23.2 Å².